The van der Waals surface area contributed by atoms with E-state index in [1.807, 2.05) is 60.7 Å². The number of hydrogen-bond donors (Lipinski definition) is 0. The van der Waals surface area contributed by atoms with Crippen molar-refractivity contribution >= 4 is 11.8 Å². The number of piperazine rings is 1. The predicted molar refractivity (Wildman–Crippen MR) is 102 cm³/mol. The molecule has 2 atom stereocenters. The van der Waals surface area contributed by atoms with E-state index in [2.05, 4.69) is 0 Å². The van der Waals surface area contributed by atoms with Crippen LogP contribution >= 0.6 is 0 Å². The summed E-state index contributed by atoms with van der Waals surface area (Å²) in [5, 5.41) is 2.59. The molecule has 2 aromatic rings. The van der Waals surface area contributed by atoms with Crippen LogP contribution in [0.1, 0.15) is 36.8 Å². The average molecular weight is 380 g/mol. The Morgan fingerprint density at radius 3 is 1.46 bits per heavy atom. The maximum Gasteiger partial charge on any atom is 0.338 e. The molecule has 4 rings (SSSR count). The zero-order chi connectivity index (χ0) is 19.3. The summed E-state index contributed by atoms with van der Waals surface area (Å²) in [6.07, 6.45) is 3.59. The summed E-state index contributed by atoms with van der Waals surface area (Å²) in [5.74, 6) is -1.32. The van der Waals surface area contributed by atoms with Crippen LogP contribution in [-0.2, 0) is 32.5 Å². The van der Waals surface area contributed by atoms with Crippen LogP contribution in [0.25, 0.3) is 0 Å². The molecule has 1 heterocycles. The number of hydroxylamine groups is 4. The molecule has 2 amide bonds. The molecule has 1 aliphatic heterocycles. The second kappa shape index (κ2) is 8.54. The average Bonchev–Trinajstić information content (AvgIpc) is 2.75. The molecule has 0 radical (unpaired) electrons. The van der Waals surface area contributed by atoms with E-state index in [1.54, 1.807) is 0 Å². The molecule has 28 heavy (non-hydrogen) atoms. The van der Waals surface area contributed by atoms with Gasteiger partial charge in [0.1, 0.15) is 13.2 Å². The molecule has 6 heteroatoms. The van der Waals surface area contributed by atoms with Gasteiger partial charge in [0, 0.05) is 0 Å². The van der Waals surface area contributed by atoms with Gasteiger partial charge in [-0.25, -0.2) is 10.1 Å². The molecular weight excluding hydrogens is 356 g/mol. The fourth-order valence-electron chi connectivity index (χ4n) is 3.87. The van der Waals surface area contributed by atoms with E-state index in [9.17, 15) is 9.59 Å². The summed E-state index contributed by atoms with van der Waals surface area (Å²) in [5.41, 5.74) is 1.91. The minimum atomic E-state index is -0.660. The number of nitrogens with zero attached hydrogens (tertiary/aromatic N) is 2. The van der Waals surface area contributed by atoms with E-state index in [4.69, 9.17) is 9.68 Å². The Kier molecular flexibility index (Phi) is 5.69. The van der Waals surface area contributed by atoms with Crippen molar-refractivity contribution in [3.8, 4) is 0 Å². The number of benzene rings is 2. The largest absolute Gasteiger partial charge is 0.338 e. The monoisotopic (exact) mass is 380 g/mol. The molecular formula is C22H24N2O4. The molecule has 6 nitrogen and oxygen atoms in total. The van der Waals surface area contributed by atoms with Crippen molar-refractivity contribution in [2.75, 3.05) is 0 Å². The lowest BCUT2D eigenvalue weighted by molar-refractivity contribution is -0.270. The Balaban J connectivity index is 1.47. The molecule has 146 valence electrons. The minimum absolute atomic E-state index is 0.182. The molecule has 1 saturated heterocycles. The number of amides is 2. The van der Waals surface area contributed by atoms with Crippen molar-refractivity contribution in [1.29, 1.82) is 0 Å². The Hall–Kier alpha value is -2.70. The normalized spacial score (nSPS) is 22.3. The summed E-state index contributed by atoms with van der Waals surface area (Å²) in [6, 6.07) is 18.9. The Bertz CT molecular complexity index is 742. The standard InChI is InChI=1S/C22H24N2O4/c25-21-22(26)24(28-16-18-11-5-2-6-12-18)20-14-8-7-13-19(20)23(21)27-15-17-9-3-1-4-10-17/h1-6,9-12,19-20H,7-8,13-16H2. The number of rotatable bonds is 6. The van der Waals surface area contributed by atoms with Gasteiger partial charge < -0.3 is 0 Å². The van der Waals surface area contributed by atoms with E-state index in [1.165, 1.54) is 10.1 Å². The Labute approximate surface area is 164 Å². The van der Waals surface area contributed by atoms with Crippen LogP contribution in [0, 0.1) is 0 Å². The molecule has 1 saturated carbocycles. The smallest absolute Gasteiger partial charge is 0.265 e. The van der Waals surface area contributed by atoms with Crippen molar-refractivity contribution < 1.29 is 19.3 Å². The SMILES string of the molecule is O=C1C(=O)N(OCc2ccccc2)C2CCCCC2N1OCc1ccccc1. The first-order valence-corrected chi connectivity index (χ1v) is 9.74. The summed E-state index contributed by atoms with van der Waals surface area (Å²) in [7, 11) is 0. The van der Waals surface area contributed by atoms with Crippen molar-refractivity contribution in [1.82, 2.24) is 10.1 Å². The molecule has 0 aromatic heterocycles. The van der Waals surface area contributed by atoms with Gasteiger partial charge in [0.15, 0.2) is 0 Å². The first-order chi connectivity index (χ1) is 13.7. The van der Waals surface area contributed by atoms with Crippen LogP contribution < -0.4 is 0 Å². The van der Waals surface area contributed by atoms with Crippen molar-refractivity contribution in [3.63, 3.8) is 0 Å². The fraction of sp³-hybridized carbons (Fsp3) is 0.364. The van der Waals surface area contributed by atoms with E-state index in [0.29, 0.717) is 0 Å². The van der Waals surface area contributed by atoms with Crippen molar-refractivity contribution in [2.24, 2.45) is 0 Å². The van der Waals surface area contributed by atoms with E-state index < -0.39 is 11.8 Å². The van der Waals surface area contributed by atoms with Gasteiger partial charge in [-0.2, -0.15) is 0 Å². The number of hydrogen-bond acceptors (Lipinski definition) is 4. The van der Waals surface area contributed by atoms with E-state index >= 15 is 0 Å². The Morgan fingerprint density at radius 2 is 1.07 bits per heavy atom. The Morgan fingerprint density at radius 1 is 0.679 bits per heavy atom. The van der Waals surface area contributed by atoms with Gasteiger partial charge in [0.25, 0.3) is 0 Å². The second-order valence-corrected chi connectivity index (χ2v) is 7.20. The van der Waals surface area contributed by atoms with Crippen molar-refractivity contribution in [3.05, 3.63) is 71.8 Å². The predicted octanol–water partition coefficient (Wildman–Crippen LogP) is 3.23. The van der Waals surface area contributed by atoms with Gasteiger partial charge in [0.05, 0.1) is 12.1 Å². The van der Waals surface area contributed by atoms with Gasteiger partial charge in [-0.1, -0.05) is 73.5 Å². The first-order valence-electron chi connectivity index (χ1n) is 9.74. The third-order valence-corrected chi connectivity index (χ3v) is 5.31. The highest BCUT2D eigenvalue weighted by molar-refractivity contribution is 6.35. The molecule has 1 aliphatic carbocycles. The van der Waals surface area contributed by atoms with Crippen LogP contribution in [-0.4, -0.2) is 34.0 Å². The third-order valence-electron chi connectivity index (χ3n) is 5.31. The highest BCUT2D eigenvalue weighted by Gasteiger charge is 2.48. The summed E-state index contributed by atoms with van der Waals surface area (Å²) >= 11 is 0. The van der Waals surface area contributed by atoms with Crippen LogP contribution in [0.5, 0.6) is 0 Å². The number of carbonyl (C=O) groups is 2. The fourth-order valence-corrected chi connectivity index (χ4v) is 3.87. The maximum absolute atomic E-state index is 12.8. The summed E-state index contributed by atoms with van der Waals surface area (Å²) in [6.45, 7) is 0.516. The van der Waals surface area contributed by atoms with Gasteiger partial charge in [-0.05, 0) is 24.0 Å². The quantitative estimate of drug-likeness (QED) is 0.722. The van der Waals surface area contributed by atoms with Gasteiger partial charge in [-0.15, -0.1) is 0 Å². The first kappa shape index (κ1) is 18.7. The highest BCUT2D eigenvalue weighted by atomic mass is 16.7. The molecule has 2 aliphatic rings. The van der Waals surface area contributed by atoms with Crippen LogP contribution in [0.2, 0.25) is 0 Å². The van der Waals surface area contributed by atoms with E-state index in [-0.39, 0.29) is 25.3 Å². The topological polar surface area (TPSA) is 59.1 Å². The minimum Gasteiger partial charge on any atom is -0.265 e. The lowest BCUT2D eigenvalue weighted by atomic mass is 9.88. The maximum atomic E-state index is 12.8. The molecule has 2 aromatic carbocycles. The summed E-state index contributed by atoms with van der Waals surface area (Å²) < 4.78 is 0. The van der Waals surface area contributed by atoms with Gasteiger partial charge in [-0.3, -0.25) is 19.3 Å². The van der Waals surface area contributed by atoms with Crippen LogP contribution in [0.15, 0.2) is 60.7 Å². The summed E-state index contributed by atoms with van der Waals surface area (Å²) in [4.78, 5) is 37.1. The lowest BCUT2D eigenvalue weighted by Crippen LogP contribution is -2.65. The molecule has 0 spiro atoms. The number of carbonyl (C=O) groups excluding carboxylic acids is 2. The van der Waals surface area contributed by atoms with Crippen LogP contribution in [0.3, 0.4) is 0 Å². The zero-order valence-corrected chi connectivity index (χ0v) is 15.7. The molecule has 2 fully saturated rings. The van der Waals surface area contributed by atoms with E-state index in [0.717, 1.165) is 36.8 Å². The molecule has 2 unspecified atom stereocenters. The highest BCUT2D eigenvalue weighted by Crippen LogP contribution is 2.32. The zero-order valence-electron chi connectivity index (χ0n) is 15.7. The number of fused-ring (bicyclic) bond motifs is 1. The third kappa shape index (κ3) is 3.93. The second-order valence-electron chi connectivity index (χ2n) is 7.20. The molecule has 0 N–H and O–H groups in total. The van der Waals surface area contributed by atoms with Crippen LogP contribution in [0.4, 0.5) is 0 Å². The van der Waals surface area contributed by atoms with Gasteiger partial charge >= 0.3 is 11.8 Å². The van der Waals surface area contributed by atoms with Gasteiger partial charge in [0.2, 0.25) is 0 Å². The lowest BCUT2D eigenvalue weighted by Gasteiger charge is -2.46. The molecule has 0 bridgehead atoms. The van der Waals surface area contributed by atoms with Crippen molar-refractivity contribution in [2.45, 2.75) is 51.0 Å².